The highest BCUT2D eigenvalue weighted by molar-refractivity contribution is 6.12. The molecule has 6 nitrogen and oxygen atoms in total. The summed E-state index contributed by atoms with van der Waals surface area (Å²) in [6.07, 6.45) is 3.01. The van der Waals surface area contributed by atoms with E-state index in [2.05, 4.69) is 15.3 Å². The summed E-state index contributed by atoms with van der Waals surface area (Å²) in [5.41, 5.74) is 2.20. The van der Waals surface area contributed by atoms with Crippen LogP contribution in [0.2, 0.25) is 0 Å². The molecule has 3 aromatic rings. The number of methoxy groups -OCH3 is 1. The van der Waals surface area contributed by atoms with Crippen molar-refractivity contribution >= 4 is 17.3 Å². The summed E-state index contributed by atoms with van der Waals surface area (Å²) < 4.78 is 5.20. The molecule has 0 spiro atoms. The zero-order valence-corrected chi connectivity index (χ0v) is 13.1. The average molecular weight is 320 g/mol. The minimum absolute atomic E-state index is 0.0732. The van der Waals surface area contributed by atoms with Gasteiger partial charge in [-0.2, -0.15) is 0 Å². The van der Waals surface area contributed by atoms with E-state index in [1.807, 2.05) is 48.5 Å². The van der Waals surface area contributed by atoms with Gasteiger partial charge in [0.1, 0.15) is 11.6 Å². The molecule has 1 aliphatic rings. The highest BCUT2D eigenvalue weighted by atomic mass is 16.5. The summed E-state index contributed by atoms with van der Waals surface area (Å²) >= 11 is 0. The molecular formula is C18H16N4O2. The maximum absolute atomic E-state index is 13.1. The third-order valence-corrected chi connectivity index (χ3v) is 4.06. The van der Waals surface area contributed by atoms with E-state index in [0.717, 1.165) is 17.1 Å². The van der Waals surface area contributed by atoms with Crippen LogP contribution in [0.5, 0.6) is 5.75 Å². The van der Waals surface area contributed by atoms with Crippen LogP contribution in [0.25, 0.3) is 0 Å². The molecule has 1 amide bonds. The number of amides is 1. The second-order valence-electron chi connectivity index (χ2n) is 5.44. The lowest BCUT2D eigenvalue weighted by atomic mass is 10.1. The standard InChI is InChI=1S/C18H16N4O2/c1-24-13-8-6-12(7-9-13)22-17(16-19-10-11-20-16)21-15-5-3-2-4-14(15)18(22)23/h2-11,17,21H,1H3,(H,19,20). The van der Waals surface area contributed by atoms with E-state index in [9.17, 15) is 4.79 Å². The van der Waals surface area contributed by atoms with Gasteiger partial charge in [0.05, 0.1) is 12.7 Å². The molecule has 6 heteroatoms. The number of nitrogens with one attached hydrogen (secondary N) is 2. The number of aromatic nitrogens is 2. The molecule has 2 aromatic carbocycles. The number of ether oxygens (including phenoxy) is 1. The molecule has 4 rings (SSSR count). The van der Waals surface area contributed by atoms with Crippen molar-refractivity contribution in [2.45, 2.75) is 6.17 Å². The van der Waals surface area contributed by atoms with Crippen molar-refractivity contribution in [1.29, 1.82) is 0 Å². The number of carbonyl (C=O) groups is 1. The first kappa shape index (κ1) is 14.3. The van der Waals surface area contributed by atoms with Crippen molar-refractivity contribution in [3.05, 3.63) is 72.3 Å². The van der Waals surface area contributed by atoms with E-state index in [1.54, 1.807) is 24.4 Å². The van der Waals surface area contributed by atoms with Crippen LogP contribution in [0.3, 0.4) is 0 Å². The van der Waals surface area contributed by atoms with Gasteiger partial charge in [-0.05, 0) is 36.4 Å². The molecular weight excluding hydrogens is 304 g/mol. The van der Waals surface area contributed by atoms with E-state index in [0.29, 0.717) is 11.4 Å². The second kappa shape index (κ2) is 5.73. The number of carbonyl (C=O) groups excluding carboxylic acids is 1. The van der Waals surface area contributed by atoms with Crippen LogP contribution in [0.15, 0.2) is 60.9 Å². The molecule has 120 valence electrons. The summed E-state index contributed by atoms with van der Waals surface area (Å²) in [7, 11) is 1.62. The molecule has 2 N–H and O–H groups in total. The summed E-state index contributed by atoms with van der Waals surface area (Å²) in [6, 6.07) is 14.9. The van der Waals surface area contributed by atoms with Gasteiger partial charge < -0.3 is 15.0 Å². The highest BCUT2D eigenvalue weighted by Crippen LogP contribution is 2.35. The first-order valence-electron chi connectivity index (χ1n) is 7.60. The molecule has 0 saturated heterocycles. The van der Waals surface area contributed by atoms with Gasteiger partial charge in [-0.1, -0.05) is 12.1 Å². The third-order valence-electron chi connectivity index (χ3n) is 4.06. The van der Waals surface area contributed by atoms with E-state index >= 15 is 0 Å². The van der Waals surface area contributed by atoms with Crippen LogP contribution < -0.4 is 15.0 Å². The predicted octanol–water partition coefficient (Wildman–Crippen LogP) is 3.19. The number of benzene rings is 2. The Bertz CT molecular complexity index is 859. The molecule has 1 aliphatic heterocycles. The van der Waals surface area contributed by atoms with E-state index in [-0.39, 0.29) is 5.91 Å². The first-order valence-corrected chi connectivity index (χ1v) is 7.60. The zero-order chi connectivity index (χ0) is 16.5. The number of H-pyrrole nitrogens is 1. The fourth-order valence-electron chi connectivity index (χ4n) is 2.88. The number of hydrogen-bond donors (Lipinski definition) is 2. The fourth-order valence-corrected chi connectivity index (χ4v) is 2.88. The summed E-state index contributed by atoms with van der Waals surface area (Å²) in [6.45, 7) is 0. The first-order chi connectivity index (χ1) is 11.8. The molecule has 0 aliphatic carbocycles. The van der Waals surface area contributed by atoms with Gasteiger partial charge in [-0.3, -0.25) is 9.69 Å². The Balaban J connectivity index is 1.82. The normalized spacial score (nSPS) is 16.5. The van der Waals surface area contributed by atoms with Crippen LogP contribution in [-0.4, -0.2) is 23.0 Å². The van der Waals surface area contributed by atoms with Gasteiger partial charge in [0.15, 0.2) is 6.17 Å². The molecule has 1 atom stereocenters. The maximum atomic E-state index is 13.1. The monoisotopic (exact) mass is 320 g/mol. The van der Waals surface area contributed by atoms with Crippen LogP contribution in [0.1, 0.15) is 22.3 Å². The number of fused-ring (bicyclic) bond motifs is 1. The van der Waals surface area contributed by atoms with Crippen molar-refractivity contribution in [3.63, 3.8) is 0 Å². The number of para-hydroxylation sites is 1. The van der Waals surface area contributed by atoms with Crippen LogP contribution >= 0.6 is 0 Å². The Labute approximate surface area is 139 Å². The molecule has 1 aromatic heterocycles. The van der Waals surface area contributed by atoms with Gasteiger partial charge in [-0.15, -0.1) is 0 Å². The van der Waals surface area contributed by atoms with Crippen molar-refractivity contribution < 1.29 is 9.53 Å². The number of nitrogens with zero attached hydrogens (tertiary/aromatic N) is 2. The van der Waals surface area contributed by atoms with Gasteiger partial charge in [0.2, 0.25) is 0 Å². The molecule has 0 fully saturated rings. The Morgan fingerprint density at radius 1 is 1.12 bits per heavy atom. The maximum Gasteiger partial charge on any atom is 0.262 e. The SMILES string of the molecule is COc1ccc(N2C(=O)c3ccccc3NC2c2ncc[nH]2)cc1. The van der Waals surface area contributed by atoms with E-state index in [1.165, 1.54) is 0 Å². The largest absolute Gasteiger partial charge is 0.497 e. The quantitative estimate of drug-likeness (QED) is 0.777. The fraction of sp³-hybridized carbons (Fsp3) is 0.111. The smallest absolute Gasteiger partial charge is 0.262 e. The molecule has 0 saturated carbocycles. The Morgan fingerprint density at radius 2 is 1.92 bits per heavy atom. The highest BCUT2D eigenvalue weighted by Gasteiger charge is 2.35. The number of imidazole rings is 1. The molecule has 1 unspecified atom stereocenters. The lowest BCUT2D eigenvalue weighted by Crippen LogP contribution is -2.43. The van der Waals surface area contributed by atoms with Crippen LogP contribution in [0, 0.1) is 0 Å². The molecule has 0 radical (unpaired) electrons. The Kier molecular flexibility index (Phi) is 3.42. The van der Waals surface area contributed by atoms with Crippen molar-refractivity contribution in [3.8, 4) is 5.75 Å². The Hall–Kier alpha value is -3.28. The minimum atomic E-state index is -0.407. The van der Waals surface area contributed by atoms with E-state index < -0.39 is 6.17 Å². The minimum Gasteiger partial charge on any atom is -0.497 e. The lowest BCUT2D eigenvalue weighted by Gasteiger charge is -2.36. The summed E-state index contributed by atoms with van der Waals surface area (Å²) in [5, 5.41) is 3.39. The molecule has 0 bridgehead atoms. The second-order valence-corrected chi connectivity index (χ2v) is 5.44. The topological polar surface area (TPSA) is 70.2 Å². The van der Waals surface area contributed by atoms with Gasteiger partial charge >= 0.3 is 0 Å². The molecule has 2 heterocycles. The zero-order valence-electron chi connectivity index (χ0n) is 13.1. The lowest BCUT2D eigenvalue weighted by molar-refractivity contribution is 0.0974. The van der Waals surface area contributed by atoms with Crippen LogP contribution in [0.4, 0.5) is 11.4 Å². The van der Waals surface area contributed by atoms with Gasteiger partial charge in [0.25, 0.3) is 5.91 Å². The van der Waals surface area contributed by atoms with Crippen molar-refractivity contribution in [1.82, 2.24) is 9.97 Å². The van der Waals surface area contributed by atoms with Gasteiger partial charge in [-0.25, -0.2) is 4.98 Å². The van der Waals surface area contributed by atoms with Crippen molar-refractivity contribution in [2.75, 3.05) is 17.3 Å². The average Bonchev–Trinajstić information content (AvgIpc) is 3.16. The number of aromatic amines is 1. The third kappa shape index (κ3) is 2.28. The number of hydrogen-bond acceptors (Lipinski definition) is 4. The number of rotatable bonds is 3. The van der Waals surface area contributed by atoms with Crippen molar-refractivity contribution in [2.24, 2.45) is 0 Å². The summed E-state index contributed by atoms with van der Waals surface area (Å²) in [5.74, 6) is 1.34. The molecule has 24 heavy (non-hydrogen) atoms. The predicted molar refractivity (Wildman–Crippen MR) is 91.2 cm³/mol. The number of anilines is 2. The van der Waals surface area contributed by atoms with Crippen LogP contribution in [-0.2, 0) is 0 Å². The summed E-state index contributed by atoms with van der Waals surface area (Å²) in [4.78, 5) is 22.2. The Morgan fingerprint density at radius 3 is 2.62 bits per heavy atom. The van der Waals surface area contributed by atoms with Gasteiger partial charge in [0, 0.05) is 23.8 Å². The van der Waals surface area contributed by atoms with E-state index in [4.69, 9.17) is 4.74 Å².